The van der Waals surface area contributed by atoms with Gasteiger partial charge in [0.05, 0.1) is 10.0 Å². The van der Waals surface area contributed by atoms with Crippen LogP contribution in [0.5, 0.6) is 0 Å². The first-order valence-corrected chi connectivity index (χ1v) is 6.78. The molecule has 0 aliphatic heterocycles. The molecule has 1 N–H and O–H groups in total. The number of benzene rings is 1. The van der Waals surface area contributed by atoms with E-state index in [4.69, 9.17) is 0 Å². The van der Waals surface area contributed by atoms with Crippen molar-refractivity contribution in [1.82, 2.24) is 5.32 Å². The van der Waals surface area contributed by atoms with E-state index < -0.39 is 5.82 Å². The van der Waals surface area contributed by atoms with Gasteiger partial charge in [-0.25, -0.2) is 4.39 Å². The van der Waals surface area contributed by atoms with Gasteiger partial charge in [0, 0.05) is 11.4 Å². The van der Waals surface area contributed by atoms with Crippen LogP contribution in [0.2, 0.25) is 0 Å². The fraction of sp³-hybridized carbons (Fsp3) is 0.364. The summed E-state index contributed by atoms with van der Waals surface area (Å²) >= 11 is 6.37. The average Bonchev–Trinajstić information content (AvgIpc) is 2.22. The maximum Gasteiger partial charge on any atom is 0.252 e. The van der Waals surface area contributed by atoms with E-state index >= 15 is 0 Å². The molecule has 0 saturated carbocycles. The van der Waals surface area contributed by atoms with Crippen molar-refractivity contribution in [2.24, 2.45) is 0 Å². The van der Waals surface area contributed by atoms with E-state index in [9.17, 15) is 9.18 Å². The van der Waals surface area contributed by atoms with Crippen LogP contribution in [0.15, 0.2) is 22.7 Å². The Kier molecular flexibility index (Phi) is 5.41. The van der Waals surface area contributed by atoms with Crippen molar-refractivity contribution in [3.63, 3.8) is 0 Å². The molecule has 1 rings (SSSR count). The molecule has 0 saturated heterocycles. The number of rotatable bonds is 4. The molecule has 0 fully saturated rings. The van der Waals surface area contributed by atoms with Gasteiger partial charge in [-0.3, -0.25) is 4.79 Å². The van der Waals surface area contributed by atoms with Crippen LogP contribution in [0, 0.1) is 5.82 Å². The van der Waals surface area contributed by atoms with Crippen molar-refractivity contribution in [2.45, 2.75) is 19.4 Å². The smallest absolute Gasteiger partial charge is 0.252 e. The molecule has 1 atom stereocenters. The van der Waals surface area contributed by atoms with Gasteiger partial charge in [0.2, 0.25) is 0 Å². The maximum atomic E-state index is 13.2. The van der Waals surface area contributed by atoms with Crippen molar-refractivity contribution < 1.29 is 9.18 Å². The monoisotopic (exact) mass is 351 g/mol. The van der Waals surface area contributed by atoms with Crippen molar-refractivity contribution in [3.05, 3.63) is 34.1 Å². The number of halogens is 3. The lowest BCUT2D eigenvalue weighted by molar-refractivity contribution is 0.0938. The van der Waals surface area contributed by atoms with Gasteiger partial charge in [-0.05, 0) is 41.4 Å². The molecule has 0 radical (unpaired) electrons. The van der Waals surface area contributed by atoms with Gasteiger partial charge < -0.3 is 5.32 Å². The summed E-state index contributed by atoms with van der Waals surface area (Å²) in [5.41, 5.74) is 0.321. The number of carbonyl (C=O) groups is 1. The van der Waals surface area contributed by atoms with Crippen molar-refractivity contribution in [2.75, 3.05) is 5.33 Å². The minimum atomic E-state index is -0.430. The van der Waals surface area contributed by atoms with E-state index in [1.807, 2.05) is 6.92 Å². The molecule has 16 heavy (non-hydrogen) atoms. The van der Waals surface area contributed by atoms with Crippen LogP contribution in [-0.2, 0) is 0 Å². The first kappa shape index (κ1) is 13.6. The third-order valence-corrected chi connectivity index (χ3v) is 3.38. The molecule has 2 nitrogen and oxygen atoms in total. The Morgan fingerprint density at radius 2 is 2.25 bits per heavy atom. The largest absolute Gasteiger partial charge is 0.350 e. The van der Waals surface area contributed by atoms with Crippen LogP contribution >= 0.6 is 31.9 Å². The van der Waals surface area contributed by atoms with Crippen molar-refractivity contribution >= 4 is 37.8 Å². The molecule has 0 aliphatic rings. The third kappa shape index (κ3) is 3.56. The average molecular weight is 353 g/mol. The molecular weight excluding hydrogens is 341 g/mol. The Labute approximate surface area is 111 Å². The summed E-state index contributed by atoms with van der Waals surface area (Å²) < 4.78 is 13.4. The van der Waals surface area contributed by atoms with Gasteiger partial charge in [-0.15, -0.1) is 0 Å². The molecule has 0 aliphatic carbocycles. The lowest BCUT2D eigenvalue weighted by Gasteiger charge is -2.13. The predicted molar refractivity (Wildman–Crippen MR) is 69.4 cm³/mol. The van der Waals surface area contributed by atoms with E-state index in [-0.39, 0.29) is 16.4 Å². The van der Waals surface area contributed by atoms with Crippen LogP contribution in [-0.4, -0.2) is 17.3 Å². The van der Waals surface area contributed by atoms with Crippen LogP contribution in [0.25, 0.3) is 0 Å². The highest BCUT2D eigenvalue weighted by molar-refractivity contribution is 9.10. The Morgan fingerprint density at radius 3 is 2.88 bits per heavy atom. The van der Waals surface area contributed by atoms with E-state index in [1.54, 1.807) is 6.07 Å². The fourth-order valence-corrected chi connectivity index (χ4v) is 2.35. The number of hydrogen-bond donors (Lipinski definition) is 1. The zero-order chi connectivity index (χ0) is 12.1. The molecule has 0 heterocycles. The lowest BCUT2D eigenvalue weighted by Crippen LogP contribution is -2.33. The quantitative estimate of drug-likeness (QED) is 0.825. The second kappa shape index (κ2) is 6.35. The molecule has 0 spiro atoms. The lowest BCUT2D eigenvalue weighted by atomic mass is 10.2. The van der Waals surface area contributed by atoms with Gasteiger partial charge >= 0.3 is 0 Å². The molecule has 1 unspecified atom stereocenters. The summed E-state index contributed by atoms with van der Waals surface area (Å²) in [5.74, 6) is -0.694. The van der Waals surface area contributed by atoms with Gasteiger partial charge in [0.15, 0.2) is 0 Å². The minimum Gasteiger partial charge on any atom is -0.350 e. The number of nitrogens with one attached hydrogen (secondary N) is 1. The molecule has 1 aromatic carbocycles. The van der Waals surface area contributed by atoms with Crippen molar-refractivity contribution in [1.29, 1.82) is 0 Å². The Balaban J connectivity index is 2.77. The van der Waals surface area contributed by atoms with Crippen LogP contribution in [0.1, 0.15) is 23.7 Å². The Morgan fingerprint density at radius 1 is 1.56 bits per heavy atom. The van der Waals surface area contributed by atoms with E-state index in [2.05, 4.69) is 37.2 Å². The summed E-state index contributed by atoms with van der Waals surface area (Å²) in [6.07, 6.45) is 0.832. The zero-order valence-corrected chi connectivity index (χ0v) is 11.9. The molecule has 1 amide bonds. The third-order valence-electron chi connectivity index (χ3n) is 2.12. The van der Waals surface area contributed by atoms with Crippen LogP contribution in [0.4, 0.5) is 4.39 Å². The molecular formula is C11H12Br2FNO. The van der Waals surface area contributed by atoms with E-state index in [0.717, 1.165) is 11.8 Å². The van der Waals surface area contributed by atoms with E-state index in [0.29, 0.717) is 5.56 Å². The summed E-state index contributed by atoms with van der Waals surface area (Å²) in [6.45, 7) is 1.91. The topological polar surface area (TPSA) is 29.1 Å². The van der Waals surface area contributed by atoms with Gasteiger partial charge in [0.1, 0.15) is 5.82 Å². The van der Waals surface area contributed by atoms with Crippen molar-refractivity contribution in [3.8, 4) is 0 Å². The number of amides is 1. The minimum absolute atomic E-state index is 0.0574. The highest BCUT2D eigenvalue weighted by atomic mass is 79.9. The fourth-order valence-electron chi connectivity index (χ4n) is 1.22. The predicted octanol–water partition coefficient (Wildman–Crippen LogP) is 3.49. The second-order valence-corrected chi connectivity index (χ2v) is 5.04. The number of hydrogen-bond acceptors (Lipinski definition) is 1. The molecule has 88 valence electrons. The zero-order valence-electron chi connectivity index (χ0n) is 8.77. The SMILES string of the molecule is CC(CCBr)NC(=O)c1cccc(F)c1Br. The Bertz CT molecular complexity index is 384. The number of carbonyl (C=O) groups excluding carboxylic acids is 1. The highest BCUT2D eigenvalue weighted by Crippen LogP contribution is 2.20. The van der Waals surface area contributed by atoms with Crippen LogP contribution in [0.3, 0.4) is 0 Å². The number of alkyl halides is 1. The summed E-state index contributed by atoms with van der Waals surface area (Å²) in [7, 11) is 0. The van der Waals surface area contributed by atoms with Gasteiger partial charge in [-0.2, -0.15) is 0 Å². The first-order chi connectivity index (χ1) is 7.56. The summed E-state index contributed by atoms with van der Waals surface area (Å²) in [5, 5.41) is 3.62. The normalized spacial score (nSPS) is 12.2. The first-order valence-electron chi connectivity index (χ1n) is 4.87. The molecule has 5 heteroatoms. The summed E-state index contributed by atoms with van der Waals surface area (Å²) in [6, 6.07) is 4.47. The Hall–Kier alpha value is -0.420. The second-order valence-electron chi connectivity index (χ2n) is 3.45. The highest BCUT2D eigenvalue weighted by Gasteiger charge is 2.14. The summed E-state index contributed by atoms with van der Waals surface area (Å²) in [4.78, 5) is 11.8. The molecule has 0 aromatic heterocycles. The van der Waals surface area contributed by atoms with Gasteiger partial charge in [-0.1, -0.05) is 22.0 Å². The maximum absolute atomic E-state index is 13.2. The van der Waals surface area contributed by atoms with Crippen LogP contribution < -0.4 is 5.32 Å². The molecule has 0 bridgehead atoms. The standard InChI is InChI=1S/C11H12Br2FNO/c1-7(5-6-12)15-11(16)8-3-2-4-9(14)10(8)13/h2-4,7H,5-6H2,1H3,(H,15,16). The van der Waals surface area contributed by atoms with Gasteiger partial charge in [0.25, 0.3) is 5.91 Å². The van der Waals surface area contributed by atoms with E-state index in [1.165, 1.54) is 12.1 Å². The molecule has 1 aromatic rings.